The van der Waals surface area contributed by atoms with Gasteiger partial charge in [-0.1, -0.05) is 64.2 Å². The standard InChI is InChI=1S/C12H16.2C2H6/c1-3-4-5-9-12-10-7-6-8-11(12)2;2*1-2/h3-5,8-10H,6-7H2,1-2H3;2*1-2H3/b4-3-,9-5-;;. The van der Waals surface area contributed by atoms with E-state index in [0.717, 1.165) is 0 Å². The molecule has 1 aliphatic carbocycles. The Bertz CT molecular complexity index is 249. The minimum Gasteiger partial charge on any atom is -0.0877 e. The predicted octanol–water partition coefficient (Wildman–Crippen LogP) is 5.84. The fourth-order valence-electron chi connectivity index (χ4n) is 1.29. The molecule has 0 aromatic heterocycles. The van der Waals surface area contributed by atoms with Crippen molar-refractivity contribution in [3.8, 4) is 0 Å². The third kappa shape index (κ3) is 8.28. The molecule has 1 aliphatic rings. The Balaban J connectivity index is 0. The van der Waals surface area contributed by atoms with Gasteiger partial charge < -0.3 is 0 Å². The van der Waals surface area contributed by atoms with E-state index in [1.807, 2.05) is 40.7 Å². The molecule has 16 heavy (non-hydrogen) atoms. The van der Waals surface area contributed by atoms with Gasteiger partial charge in [-0.25, -0.2) is 0 Å². The second kappa shape index (κ2) is 14.0. The first-order valence-electron chi connectivity index (χ1n) is 6.51. The summed E-state index contributed by atoms with van der Waals surface area (Å²) in [5.74, 6) is 0. The molecule has 0 bridgehead atoms. The third-order valence-electron chi connectivity index (χ3n) is 2.02. The second-order valence-corrected chi connectivity index (χ2v) is 3.01. The number of hydrogen-bond acceptors (Lipinski definition) is 0. The van der Waals surface area contributed by atoms with Crippen LogP contribution in [0.25, 0.3) is 0 Å². The highest BCUT2D eigenvalue weighted by atomic mass is 14.0. The van der Waals surface area contributed by atoms with E-state index in [1.54, 1.807) is 0 Å². The Labute approximate surface area is 102 Å². The normalized spacial score (nSPS) is 14.6. The van der Waals surface area contributed by atoms with Crippen molar-refractivity contribution < 1.29 is 0 Å². The lowest BCUT2D eigenvalue weighted by molar-refractivity contribution is 1.00. The van der Waals surface area contributed by atoms with E-state index in [4.69, 9.17) is 0 Å². The van der Waals surface area contributed by atoms with Gasteiger partial charge in [0.2, 0.25) is 0 Å². The van der Waals surface area contributed by atoms with Crippen molar-refractivity contribution in [2.24, 2.45) is 0 Å². The molecule has 1 rings (SSSR count). The van der Waals surface area contributed by atoms with E-state index in [9.17, 15) is 0 Å². The molecule has 0 saturated carbocycles. The van der Waals surface area contributed by atoms with Gasteiger partial charge in [0.05, 0.1) is 0 Å². The summed E-state index contributed by atoms with van der Waals surface area (Å²) in [6.45, 7) is 12.2. The van der Waals surface area contributed by atoms with E-state index in [2.05, 4.69) is 37.3 Å². The summed E-state index contributed by atoms with van der Waals surface area (Å²) in [5.41, 5.74) is 2.78. The van der Waals surface area contributed by atoms with E-state index < -0.39 is 0 Å². The van der Waals surface area contributed by atoms with Crippen molar-refractivity contribution in [1.29, 1.82) is 0 Å². The van der Waals surface area contributed by atoms with Crippen LogP contribution in [0.3, 0.4) is 0 Å². The zero-order valence-corrected chi connectivity index (χ0v) is 11.9. The molecule has 0 saturated heterocycles. The Kier molecular flexibility index (Phi) is 15.1. The monoisotopic (exact) mass is 220 g/mol. The van der Waals surface area contributed by atoms with Gasteiger partial charge in [0.25, 0.3) is 0 Å². The number of allylic oxidation sites excluding steroid dienone is 8. The first kappa shape index (κ1) is 17.4. The fourth-order valence-corrected chi connectivity index (χ4v) is 1.29. The Morgan fingerprint density at radius 3 is 2.00 bits per heavy atom. The highest BCUT2D eigenvalue weighted by Gasteiger charge is 1.98. The van der Waals surface area contributed by atoms with Crippen LogP contribution >= 0.6 is 0 Å². The van der Waals surface area contributed by atoms with Crippen LogP contribution in [-0.2, 0) is 0 Å². The zero-order valence-electron chi connectivity index (χ0n) is 11.9. The first-order valence-corrected chi connectivity index (χ1v) is 6.51. The van der Waals surface area contributed by atoms with Gasteiger partial charge in [-0.2, -0.15) is 0 Å². The van der Waals surface area contributed by atoms with Crippen LogP contribution in [0.2, 0.25) is 0 Å². The van der Waals surface area contributed by atoms with E-state index in [0.29, 0.717) is 0 Å². The zero-order chi connectivity index (χ0) is 12.8. The van der Waals surface area contributed by atoms with Gasteiger partial charge in [0, 0.05) is 0 Å². The van der Waals surface area contributed by atoms with Gasteiger partial charge in [-0.3, -0.25) is 0 Å². The number of hydrogen-bond donors (Lipinski definition) is 0. The molecule has 0 aromatic rings. The summed E-state index contributed by atoms with van der Waals surface area (Å²) in [7, 11) is 0. The van der Waals surface area contributed by atoms with Crippen molar-refractivity contribution in [2.75, 3.05) is 0 Å². The second-order valence-electron chi connectivity index (χ2n) is 3.01. The predicted molar refractivity (Wildman–Crippen MR) is 77.7 cm³/mol. The van der Waals surface area contributed by atoms with Gasteiger partial charge in [0.15, 0.2) is 0 Å². The van der Waals surface area contributed by atoms with Crippen LogP contribution in [-0.4, -0.2) is 0 Å². The van der Waals surface area contributed by atoms with Crippen molar-refractivity contribution in [3.05, 3.63) is 47.6 Å². The molecule has 0 spiro atoms. The van der Waals surface area contributed by atoms with Crippen molar-refractivity contribution in [1.82, 2.24) is 0 Å². The molecular formula is C16H28. The van der Waals surface area contributed by atoms with Gasteiger partial charge >= 0.3 is 0 Å². The largest absolute Gasteiger partial charge is 0.0877 e. The molecule has 0 fully saturated rings. The molecule has 0 amide bonds. The smallest absolute Gasteiger partial charge is 0.0270 e. The Morgan fingerprint density at radius 1 is 0.938 bits per heavy atom. The number of rotatable bonds is 2. The maximum absolute atomic E-state index is 2.30. The molecule has 92 valence electrons. The maximum Gasteiger partial charge on any atom is -0.0270 e. The first-order chi connectivity index (χ1) is 7.84. The highest BCUT2D eigenvalue weighted by molar-refractivity contribution is 5.41. The molecule has 0 aliphatic heterocycles. The fraction of sp³-hybridized carbons (Fsp3) is 0.500. The van der Waals surface area contributed by atoms with Crippen LogP contribution in [0.5, 0.6) is 0 Å². The van der Waals surface area contributed by atoms with Crippen molar-refractivity contribution >= 4 is 0 Å². The van der Waals surface area contributed by atoms with Crippen LogP contribution < -0.4 is 0 Å². The summed E-state index contributed by atoms with van der Waals surface area (Å²) < 4.78 is 0. The average molecular weight is 220 g/mol. The molecule has 0 radical (unpaired) electrons. The summed E-state index contributed by atoms with van der Waals surface area (Å²) >= 11 is 0. The summed E-state index contributed by atoms with van der Waals surface area (Å²) in [4.78, 5) is 0. The molecule has 0 unspecified atom stereocenters. The van der Waals surface area contributed by atoms with Gasteiger partial charge in [-0.05, 0) is 37.8 Å². The summed E-state index contributed by atoms with van der Waals surface area (Å²) in [6, 6.07) is 0. The summed E-state index contributed by atoms with van der Waals surface area (Å²) in [5, 5.41) is 0. The SMILES string of the molecule is C/C=C\C=C/C1=CCCC=C1C.CC.CC. The molecule has 0 heterocycles. The van der Waals surface area contributed by atoms with Crippen molar-refractivity contribution in [2.45, 2.75) is 54.4 Å². The van der Waals surface area contributed by atoms with Crippen LogP contribution in [0.4, 0.5) is 0 Å². The molecule has 0 aromatic carbocycles. The lowest BCUT2D eigenvalue weighted by Crippen LogP contribution is -1.87. The Hall–Kier alpha value is -1.04. The lowest BCUT2D eigenvalue weighted by atomic mass is 9.99. The van der Waals surface area contributed by atoms with Crippen LogP contribution in [0, 0.1) is 0 Å². The average Bonchev–Trinajstić information content (AvgIpc) is 2.37. The topological polar surface area (TPSA) is 0 Å². The van der Waals surface area contributed by atoms with Crippen LogP contribution in [0.15, 0.2) is 47.6 Å². The lowest BCUT2D eigenvalue weighted by Gasteiger charge is -2.07. The molecule has 0 heteroatoms. The molecule has 0 N–H and O–H groups in total. The van der Waals surface area contributed by atoms with Crippen molar-refractivity contribution in [3.63, 3.8) is 0 Å². The van der Waals surface area contributed by atoms with E-state index in [-0.39, 0.29) is 0 Å². The molecular weight excluding hydrogens is 192 g/mol. The summed E-state index contributed by atoms with van der Waals surface area (Å²) in [6.07, 6.45) is 15.4. The minimum atomic E-state index is 1.19. The molecule has 0 nitrogen and oxygen atoms in total. The highest BCUT2D eigenvalue weighted by Crippen LogP contribution is 2.18. The van der Waals surface area contributed by atoms with E-state index in [1.165, 1.54) is 24.0 Å². The quantitative estimate of drug-likeness (QED) is 0.513. The van der Waals surface area contributed by atoms with E-state index >= 15 is 0 Å². The minimum absolute atomic E-state index is 1.19. The van der Waals surface area contributed by atoms with Crippen LogP contribution in [0.1, 0.15) is 54.4 Å². The molecule has 0 atom stereocenters. The maximum atomic E-state index is 2.30. The third-order valence-corrected chi connectivity index (χ3v) is 2.02. The van der Waals surface area contributed by atoms with Gasteiger partial charge in [-0.15, -0.1) is 0 Å². The van der Waals surface area contributed by atoms with Gasteiger partial charge in [0.1, 0.15) is 0 Å². The Morgan fingerprint density at radius 2 is 1.50 bits per heavy atom.